The van der Waals surface area contributed by atoms with Crippen molar-refractivity contribution in [3.8, 4) is 10.6 Å². The van der Waals surface area contributed by atoms with Gasteiger partial charge in [0.15, 0.2) is 16.3 Å². The van der Waals surface area contributed by atoms with E-state index in [4.69, 9.17) is 0 Å². The molecule has 1 aromatic carbocycles. The molecule has 2 atom stereocenters. The van der Waals surface area contributed by atoms with E-state index in [1.54, 1.807) is 18.6 Å². The zero-order valence-electron chi connectivity index (χ0n) is 16.3. The molecule has 2 unspecified atom stereocenters. The maximum Gasteiger partial charge on any atom is 0.180 e. The predicted octanol–water partition coefficient (Wildman–Crippen LogP) is 4.40. The van der Waals surface area contributed by atoms with E-state index < -0.39 is 6.17 Å². The van der Waals surface area contributed by atoms with Gasteiger partial charge in [-0.1, -0.05) is 11.3 Å². The van der Waals surface area contributed by atoms with Gasteiger partial charge in [-0.15, -0.1) is 10.2 Å². The summed E-state index contributed by atoms with van der Waals surface area (Å²) in [6.45, 7) is 0. The third-order valence-corrected chi connectivity index (χ3v) is 6.07. The predicted molar refractivity (Wildman–Crippen MR) is 118 cm³/mol. The third-order valence-electron chi connectivity index (χ3n) is 5.19. The Morgan fingerprint density at radius 3 is 2.71 bits per heavy atom. The van der Waals surface area contributed by atoms with Crippen LogP contribution in [0.2, 0.25) is 0 Å². The highest BCUT2D eigenvalue weighted by Gasteiger charge is 2.28. The molecular formula is C21H18FN7OS. The zero-order chi connectivity index (χ0) is 21.2. The number of aromatic nitrogens is 5. The minimum atomic E-state index is -0.906. The van der Waals surface area contributed by atoms with Crippen LogP contribution in [0.1, 0.15) is 29.1 Å². The molecule has 8 nitrogen and oxygen atoms in total. The van der Waals surface area contributed by atoms with Crippen LogP contribution in [0.25, 0.3) is 21.6 Å². The van der Waals surface area contributed by atoms with E-state index in [0.717, 1.165) is 29.6 Å². The summed E-state index contributed by atoms with van der Waals surface area (Å²) in [4.78, 5) is 24.1. The van der Waals surface area contributed by atoms with E-state index >= 15 is 0 Å². The summed E-state index contributed by atoms with van der Waals surface area (Å²) in [7, 11) is 0. The Balaban J connectivity index is 1.48. The van der Waals surface area contributed by atoms with E-state index in [-0.39, 0.29) is 11.0 Å². The molecule has 1 aliphatic rings. The molecular weight excluding hydrogens is 417 g/mol. The Morgan fingerprint density at radius 1 is 1.06 bits per heavy atom. The number of nitrogens with one attached hydrogen (secondary N) is 2. The Morgan fingerprint density at radius 2 is 1.94 bits per heavy atom. The molecule has 0 spiro atoms. The molecule has 10 heteroatoms. The Kier molecular flexibility index (Phi) is 5.21. The molecule has 2 N–H and O–H groups in total. The number of hydrogen-bond acceptors (Lipinski definition) is 9. The van der Waals surface area contributed by atoms with Crippen molar-refractivity contribution in [1.82, 2.24) is 25.1 Å². The summed E-state index contributed by atoms with van der Waals surface area (Å²) in [5.74, 6) is 0.586. The van der Waals surface area contributed by atoms with E-state index in [9.17, 15) is 9.18 Å². The van der Waals surface area contributed by atoms with Gasteiger partial charge in [-0.2, -0.15) is 0 Å². The molecule has 0 bridgehead atoms. The highest BCUT2D eigenvalue weighted by atomic mass is 32.1. The first-order valence-electron chi connectivity index (χ1n) is 9.87. The lowest BCUT2D eigenvalue weighted by Gasteiger charge is -2.19. The summed E-state index contributed by atoms with van der Waals surface area (Å²) in [6.07, 6.45) is 6.86. The van der Waals surface area contributed by atoms with Crippen molar-refractivity contribution in [2.75, 3.05) is 10.6 Å². The number of halogens is 1. The number of hydrogen-bond donors (Lipinski definition) is 2. The highest BCUT2D eigenvalue weighted by molar-refractivity contribution is 7.16. The van der Waals surface area contributed by atoms with Gasteiger partial charge in [-0.05, 0) is 37.5 Å². The van der Waals surface area contributed by atoms with Crippen molar-refractivity contribution in [2.24, 2.45) is 0 Å². The summed E-state index contributed by atoms with van der Waals surface area (Å²) in [5, 5.41) is 15.4. The number of carbonyl (C=O) groups is 1. The number of nitrogens with zero attached hydrogens (tertiary/aromatic N) is 5. The van der Waals surface area contributed by atoms with Gasteiger partial charge in [0.05, 0.1) is 28.3 Å². The number of fused-ring (bicyclic) bond motifs is 1. The minimum Gasteiger partial charge on any atom is -0.379 e. The largest absolute Gasteiger partial charge is 0.379 e. The van der Waals surface area contributed by atoms with E-state index in [1.807, 2.05) is 24.3 Å². The lowest BCUT2D eigenvalue weighted by atomic mass is 10.1. The van der Waals surface area contributed by atoms with Gasteiger partial charge in [0.25, 0.3) is 0 Å². The van der Waals surface area contributed by atoms with Crippen LogP contribution in [-0.4, -0.2) is 43.6 Å². The van der Waals surface area contributed by atoms with Gasteiger partial charge in [0, 0.05) is 30.3 Å². The van der Waals surface area contributed by atoms with Crippen LogP contribution in [0.5, 0.6) is 0 Å². The van der Waals surface area contributed by atoms with Crippen LogP contribution in [0, 0.1) is 0 Å². The molecule has 0 aliphatic heterocycles. The summed E-state index contributed by atoms with van der Waals surface area (Å²) < 4.78 is 14.3. The Bertz CT molecular complexity index is 1250. The quantitative estimate of drug-likeness (QED) is 0.429. The van der Waals surface area contributed by atoms with Crippen molar-refractivity contribution in [3.63, 3.8) is 0 Å². The first-order valence-corrected chi connectivity index (χ1v) is 10.7. The summed E-state index contributed by atoms with van der Waals surface area (Å²) in [6, 6.07) is 7.22. The first-order chi connectivity index (χ1) is 15.2. The van der Waals surface area contributed by atoms with Crippen LogP contribution in [0.4, 0.5) is 21.6 Å². The second-order valence-electron chi connectivity index (χ2n) is 7.26. The summed E-state index contributed by atoms with van der Waals surface area (Å²) in [5.41, 5.74) is 3.75. The first kappa shape index (κ1) is 19.4. The maximum absolute atomic E-state index is 14.3. The molecule has 1 aliphatic carbocycles. The zero-order valence-corrected chi connectivity index (χ0v) is 17.1. The monoisotopic (exact) mass is 435 g/mol. The number of pyridine rings is 1. The molecule has 0 radical (unpaired) electrons. The molecule has 4 aromatic rings. The number of aldehydes is 1. The molecule has 3 aromatic heterocycles. The van der Waals surface area contributed by atoms with E-state index in [0.29, 0.717) is 34.8 Å². The summed E-state index contributed by atoms with van der Waals surface area (Å²) >= 11 is 1.17. The van der Waals surface area contributed by atoms with Gasteiger partial charge < -0.3 is 10.6 Å². The standard InChI is InChI=1S/C21H18FN7OS/c22-14-2-1-3-15(14)27-17-9-19(25-10-13(17)21-29-28-20(11-30)31-21)26-12-4-5-16-18(8-12)24-7-6-23-16/h4-11,14-15H,1-3H2,(H2,25,26,27). The fourth-order valence-corrected chi connectivity index (χ4v) is 4.35. The van der Waals surface area contributed by atoms with Crippen molar-refractivity contribution in [1.29, 1.82) is 0 Å². The average molecular weight is 435 g/mol. The Hall–Kier alpha value is -3.53. The second-order valence-corrected chi connectivity index (χ2v) is 8.27. The fraction of sp³-hybridized carbons (Fsp3) is 0.238. The SMILES string of the molecule is O=Cc1nnc(-c2cnc(Nc3ccc4nccnc4c3)cc2NC2CCCC2F)s1. The molecule has 5 rings (SSSR count). The van der Waals surface area contributed by atoms with Crippen molar-refractivity contribution in [3.05, 3.63) is 47.9 Å². The van der Waals surface area contributed by atoms with Gasteiger partial charge >= 0.3 is 0 Å². The smallest absolute Gasteiger partial charge is 0.180 e. The topological polar surface area (TPSA) is 106 Å². The number of alkyl halides is 1. The lowest BCUT2D eigenvalue weighted by Crippen LogP contribution is -2.25. The Labute approximate surface area is 181 Å². The molecule has 156 valence electrons. The van der Waals surface area contributed by atoms with Gasteiger partial charge in [-0.25, -0.2) is 9.37 Å². The molecule has 0 amide bonds. The van der Waals surface area contributed by atoms with Crippen molar-refractivity contribution in [2.45, 2.75) is 31.5 Å². The van der Waals surface area contributed by atoms with Crippen molar-refractivity contribution < 1.29 is 9.18 Å². The van der Waals surface area contributed by atoms with Gasteiger partial charge in [-0.3, -0.25) is 14.8 Å². The fourth-order valence-electron chi connectivity index (χ4n) is 3.67. The number of anilines is 3. The maximum atomic E-state index is 14.3. The molecule has 1 fully saturated rings. The van der Waals surface area contributed by atoms with Crippen LogP contribution in [0.15, 0.2) is 42.9 Å². The highest BCUT2D eigenvalue weighted by Crippen LogP contribution is 2.35. The van der Waals surface area contributed by atoms with Gasteiger partial charge in [0.2, 0.25) is 0 Å². The van der Waals surface area contributed by atoms with Crippen LogP contribution in [-0.2, 0) is 0 Å². The number of benzene rings is 1. The minimum absolute atomic E-state index is 0.275. The molecule has 31 heavy (non-hydrogen) atoms. The van der Waals surface area contributed by atoms with E-state index in [1.165, 1.54) is 11.3 Å². The molecule has 0 saturated heterocycles. The van der Waals surface area contributed by atoms with Crippen molar-refractivity contribution >= 4 is 45.8 Å². The number of rotatable bonds is 6. The third kappa shape index (κ3) is 4.06. The lowest BCUT2D eigenvalue weighted by molar-refractivity contribution is 0.112. The second kappa shape index (κ2) is 8.31. The average Bonchev–Trinajstić information content (AvgIpc) is 3.43. The normalized spacial score (nSPS) is 18.2. The molecule has 3 heterocycles. The van der Waals surface area contributed by atoms with Crippen LogP contribution in [0.3, 0.4) is 0 Å². The number of carbonyl (C=O) groups excluding carboxylic acids is 1. The molecule has 1 saturated carbocycles. The van der Waals surface area contributed by atoms with Crippen LogP contribution < -0.4 is 10.6 Å². The van der Waals surface area contributed by atoms with E-state index in [2.05, 4.69) is 35.8 Å². The van der Waals surface area contributed by atoms with Gasteiger partial charge in [0.1, 0.15) is 12.0 Å². The van der Waals surface area contributed by atoms with Crippen LogP contribution >= 0.6 is 11.3 Å².